The van der Waals surface area contributed by atoms with Gasteiger partial charge >= 0.3 is 11.9 Å². The molecule has 0 N–H and O–H groups in total. The van der Waals surface area contributed by atoms with E-state index >= 15 is 0 Å². The van der Waals surface area contributed by atoms with Crippen molar-refractivity contribution in [2.45, 2.75) is 0 Å². The van der Waals surface area contributed by atoms with Gasteiger partial charge in [0, 0.05) is 0 Å². The lowest BCUT2D eigenvalue weighted by Gasteiger charge is -2.17. The molecule has 3 rings (SSSR count). The van der Waals surface area contributed by atoms with Gasteiger partial charge in [0.15, 0.2) is 4.32 Å². The first-order valence-corrected chi connectivity index (χ1v) is 9.32. The highest BCUT2D eigenvalue weighted by Gasteiger charge is 2.35. The molecule has 1 saturated heterocycles. The summed E-state index contributed by atoms with van der Waals surface area (Å²) in [7, 11) is 2.59. The molecule has 0 atom stereocenters. The first-order valence-electron chi connectivity index (χ1n) is 8.10. The van der Waals surface area contributed by atoms with Gasteiger partial charge in [-0.15, -0.1) is 0 Å². The second-order valence-electron chi connectivity index (χ2n) is 5.64. The quantitative estimate of drug-likeness (QED) is 0.430. The van der Waals surface area contributed by atoms with Crippen LogP contribution in [-0.2, 0) is 14.3 Å². The van der Waals surface area contributed by atoms with Crippen LogP contribution in [0.3, 0.4) is 0 Å². The van der Waals surface area contributed by atoms with Crippen LogP contribution < -0.4 is 4.90 Å². The molecule has 0 aliphatic carbocycles. The fraction of sp³-hybridized carbons (Fsp3) is 0.100. The second kappa shape index (κ2) is 8.37. The maximum absolute atomic E-state index is 12.9. The number of carbonyl (C=O) groups is 3. The summed E-state index contributed by atoms with van der Waals surface area (Å²) in [6.07, 6.45) is 1.68. The van der Waals surface area contributed by atoms with Crippen LogP contribution in [0.5, 0.6) is 0 Å². The van der Waals surface area contributed by atoms with Gasteiger partial charge in [-0.25, -0.2) is 9.59 Å². The zero-order chi connectivity index (χ0) is 20.3. The summed E-state index contributed by atoms with van der Waals surface area (Å²) >= 11 is 6.50. The van der Waals surface area contributed by atoms with Gasteiger partial charge in [0.25, 0.3) is 5.91 Å². The molecule has 2 aromatic carbocycles. The average molecular weight is 413 g/mol. The average Bonchev–Trinajstić information content (AvgIpc) is 3.00. The Morgan fingerprint density at radius 3 is 2.29 bits per heavy atom. The Kier molecular flexibility index (Phi) is 5.91. The van der Waals surface area contributed by atoms with E-state index in [1.165, 1.54) is 19.1 Å². The lowest BCUT2D eigenvalue weighted by Crippen LogP contribution is -2.29. The van der Waals surface area contributed by atoms with Crippen molar-refractivity contribution in [3.05, 3.63) is 70.1 Å². The van der Waals surface area contributed by atoms with E-state index < -0.39 is 11.9 Å². The number of nitrogens with zero attached hydrogens (tertiary/aromatic N) is 1. The van der Waals surface area contributed by atoms with E-state index in [9.17, 15) is 14.4 Å². The number of esters is 2. The van der Waals surface area contributed by atoms with Crippen molar-refractivity contribution in [1.82, 2.24) is 0 Å². The molecule has 8 heteroatoms. The number of thiocarbonyl (C=S) groups is 1. The summed E-state index contributed by atoms with van der Waals surface area (Å²) < 4.78 is 9.78. The lowest BCUT2D eigenvalue weighted by molar-refractivity contribution is -0.113. The monoisotopic (exact) mass is 413 g/mol. The number of benzene rings is 2. The molecule has 0 aromatic heterocycles. The largest absolute Gasteiger partial charge is 0.465 e. The Bertz CT molecular complexity index is 998. The fourth-order valence-corrected chi connectivity index (χ4v) is 3.90. The van der Waals surface area contributed by atoms with E-state index in [2.05, 4.69) is 4.74 Å². The van der Waals surface area contributed by atoms with Gasteiger partial charge in [0.2, 0.25) is 0 Å². The number of methoxy groups -OCH3 is 2. The van der Waals surface area contributed by atoms with Crippen LogP contribution in [0.25, 0.3) is 6.08 Å². The van der Waals surface area contributed by atoms with E-state index in [0.717, 1.165) is 17.3 Å². The van der Waals surface area contributed by atoms with Crippen LogP contribution in [0, 0.1) is 0 Å². The summed E-state index contributed by atoms with van der Waals surface area (Å²) in [5.41, 5.74) is 1.78. The summed E-state index contributed by atoms with van der Waals surface area (Å²) in [5, 5.41) is 0. The van der Waals surface area contributed by atoms with E-state index in [-0.39, 0.29) is 11.5 Å². The van der Waals surface area contributed by atoms with Crippen molar-refractivity contribution in [3.63, 3.8) is 0 Å². The zero-order valence-corrected chi connectivity index (χ0v) is 16.6. The highest BCUT2D eigenvalue weighted by Crippen LogP contribution is 2.37. The summed E-state index contributed by atoms with van der Waals surface area (Å²) in [6.45, 7) is 0. The molecule has 1 amide bonds. The maximum Gasteiger partial charge on any atom is 0.339 e. The number of thioether (sulfide) groups is 1. The molecule has 0 bridgehead atoms. The van der Waals surface area contributed by atoms with Crippen LogP contribution >= 0.6 is 24.0 Å². The van der Waals surface area contributed by atoms with Gasteiger partial charge in [0.05, 0.1) is 35.9 Å². The Morgan fingerprint density at radius 2 is 1.64 bits per heavy atom. The molecule has 0 radical (unpaired) electrons. The van der Waals surface area contributed by atoms with Gasteiger partial charge in [0.1, 0.15) is 0 Å². The van der Waals surface area contributed by atoms with Gasteiger partial charge in [-0.3, -0.25) is 9.69 Å². The molecular weight excluding hydrogens is 398 g/mol. The minimum Gasteiger partial charge on any atom is -0.465 e. The topological polar surface area (TPSA) is 72.9 Å². The highest BCUT2D eigenvalue weighted by atomic mass is 32.2. The molecule has 1 heterocycles. The third-order valence-corrected chi connectivity index (χ3v) is 5.28. The summed E-state index contributed by atoms with van der Waals surface area (Å²) in [6, 6.07) is 13.3. The minimum atomic E-state index is -0.549. The van der Waals surface area contributed by atoms with E-state index in [1.807, 2.05) is 0 Å². The van der Waals surface area contributed by atoms with Gasteiger partial charge < -0.3 is 9.47 Å². The van der Waals surface area contributed by atoms with Crippen LogP contribution in [0.4, 0.5) is 5.69 Å². The lowest BCUT2D eigenvalue weighted by atomic mass is 10.1. The molecule has 1 aliphatic rings. The smallest absolute Gasteiger partial charge is 0.339 e. The van der Waals surface area contributed by atoms with E-state index in [4.69, 9.17) is 17.0 Å². The Hall–Kier alpha value is -2.97. The number of para-hydroxylation sites is 1. The van der Waals surface area contributed by atoms with Crippen molar-refractivity contribution in [2.24, 2.45) is 0 Å². The number of hydrogen-bond donors (Lipinski definition) is 0. The number of carbonyl (C=O) groups excluding carboxylic acids is 3. The molecule has 0 unspecified atom stereocenters. The van der Waals surface area contributed by atoms with Crippen molar-refractivity contribution in [1.29, 1.82) is 0 Å². The predicted molar refractivity (Wildman–Crippen MR) is 111 cm³/mol. The minimum absolute atomic E-state index is 0.255. The van der Waals surface area contributed by atoms with Crippen LogP contribution in [0.1, 0.15) is 26.3 Å². The molecule has 142 valence electrons. The maximum atomic E-state index is 12.9. The van der Waals surface area contributed by atoms with E-state index in [0.29, 0.717) is 20.5 Å². The molecule has 2 aromatic rings. The number of amides is 1. The first kappa shape index (κ1) is 19.8. The zero-order valence-electron chi connectivity index (χ0n) is 15.0. The number of hydrogen-bond acceptors (Lipinski definition) is 7. The third-order valence-electron chi connectivity index (χ3n) is 3.97. The number of rotatable bonds is 4. The van der Waals surface area contributed by atoms with Gasteiger partial charge in [-0.2, -0.15) is 0 Å². The summed E-state index contributed by atoms with van der Waals surface area (Å²) in [5.74, 6) is -1.31. The van der Waals surface area contributed by atoms with Crippen LogP contribution in [-0.4, -0.2) is 36.4 Å². The molecule has 1 aliphatic heterocycles. The summed E-state index contributed by atoms with van der Waals surface area (Å²) in [4.78, 5) is 38.2. The third kappa shape index (κ3) is 3.83. The SMILES string of the molecule is COC(=O)c1ccc(/C=C2\SC(=S)N(c3ccccc3C(=O)OC)C2=O)cc1. The Labute approximate surface area is 171 Å². The molecular formula is C20H15NO5S2. The van der Waals surface area contributed by atoms with Crippen molar-refractivity contribution in [3.8, 4) is 0 Å². The molecule has 28 heavy (non-hydrogen) atoms. The normalized spacial score (nSPS) is 15.1. The molecule has 6 nitrogen and oxygen atoms in total. The Balaban J connectivity index is 1.91. The van der Waals surface area contributed by atoms with Crippen LogP contribution in [0.15, 0.2) is 53.4 Å². The standard InChI is InChI=1S/C20H15NO5S2/c1-25-18(23)13-9-7-12(8-10-13)11-16-17(22)21(20(27)28-16)15-6-4-3-5-14(15)19(24)26-2/h3-11H,1-2H3/b16-11-. The van der Waals surface area contributed by atoms with Crippen molar-refractivity contribution < 1.29 is 23.9 Å². The second-order valence-corrected chi connectivity index (χ2v) is 7.32. The van der Waals surface area contributed by atoms with Gasteiger partial charge in [-0.05, 0) is 35.9 Å². The van der Waals surface area contributed by atoms with Crippen LogP contribution in [0.2, 0.25) is 0 Å². The number of ether oxygens (including phenoxy) is 2. The van der Waals surface area contributed by atoms with Crippen molar-refractivity contribution >= 4 is 57.9 Å². The fourth-order valence-electron chi connectivity index (χ4n) is 2.61. The molecule has 0 spiro atoms. The molecule has 1 fully saturated rings. The highest BCUT2D eigenvalue weighted by molar-refractivity contribution is 8.27. The first-order chi connectivity index (χ1) is 13.5. The Morgan fingerprint density at radius 1 is 1.00 bits per heavy atom. The van der Waals surface area contributed by atoms with E-state index in [1.54, 1.807) is 54.6 Å². The molecule has 0 saturated carbocycles. The predicted octanol–water partition coefficient (Wildman–Crippen LogP) is 3.67. The van der Waals surface area contributed by atoms with Crippen molar-refractivity contribution in [2.75, 3.05) is 19.1 Å². The van der Waals surface area contributed by atoms with Gasteiger partial charge in [-0.1, -0.05) is 48.2 Å². The number of anilines is 1.